The van der Waals surface area contributed by atoms with Gasteiger partial charge in [0.25, 0.3) is 5.91 Å². The van der Waals surface area contributed by atoms with Gasteiger partial charge in [-0.05, 0) is 29.0 Å². The maximum absolute atomic E-state index is 12.7. The van der Waals surface area contributed by atoms with E-state index in [1.54, 1.807) is 23.0 Å². The van der Waals surface area contributed by atoms with Crippen LogP contribution in [0.25, 0.3) is 21.7 Å². The Balaban J connectivity index is 1.59. The van der Waals surface area contributed by atoms with Gasteiger partial charge in [-0.3, -0.25) is 9.59 Å². The van der Waals surface area contributed by atoms with E-state index in [0.717, 1.165) is 27.2 Å². The fourth-order valence-electron chi connectivity index (χ4n) is 3.50. The third-order valence-corrected chi connectivity index (χ3v) is 5.03. The predicted octanol–water partition coefficient (Wildman–Crippen LogP) is 3.74. The first-order valence-electron chi connectivity index (χ1n) is 9.65. The van der Waals surface area contributed by atoms with Crippen molar-refractivity contribution in [3.05, 3.63) is 78.0 Å². The zero-order valence-corrected chi connectivity index (χ0v) is 17.2. The number of hydrogen-bond acceptors (Lipinski definition) is 5. The average Bonchev–Trinajstić information content (AvgIpc) is 3.15. The summed E-state index contributed by atoms with van der Waals surface area (Å²) in [5, 5.41) is 6.95. The number of benzene rings is 3. The van der Waals surface area contributed by atoms with Crippen molar-refractivity contribution >= 4 is 39.8 Å². The summed E-state index contributed by atoms with van der Waals surface area (Å²) in [6.45, 7) is 0.0888. The molecule has 3 aromatic carbocycles. The molecule has 0 aliphatic rings. The third-order valence-electron chi connectivity index (χ3n) is 5.03. The highest BCUT2D eigenvalue weighted by molar-refractivity contribution is 6.03. The topological polar surface area (TPSA) is 81.9 Å². The van der Waals surface area contributed by atoms with Crippen molar-refractivity contribution in [2.24, 2.45) is 5.10 Å². The highest BCUT2D eigenvalue weighted by Crippen LogP contribution is 2.26. The van der Waals surface area contributed by atoms with Gasteiger partial charge in [0, 0.05) is 22.7 Å². The van der Waals surface area contributed by atoms with Crippen molar-refractivity contribution < 1.29 is 19.1 Å². The molecular weight excluding hydrogens is 394 g/mol. The molecule has 7 nitrogen and oxygen atoms in total. The highest BCUT2D eigenvalue weighted by Gasteiger charge is 2.14. The maximum Gasteiger partial charge on any atom is 0.325 e. The summed E-state index contributed by atoms with van der Waals surface area (Å²) in [6, 6.07) is 19.0. The Morgan fingerprint density at radius 1 is 1.03 bits per heavy atom. The van der Waals surface area contributed by atoms with Crippen molar-refractivity contribution in [1.29, 1.82) is 0 Å². The fraction of sp³-hybridized carbons (Fsp3) is 0.125. The van der Waals surface area contributed by atoms with Crippen molar-refractivity contribution in [1.82, 2.24) is 9.99 Å². The lowest BCUT2D eigenvalue weighted by atomic mass is 10.1. The minimum atomic E-state index is -0.378. The summed E-state index contributed by atoms with van der Waals surface area (Å²) in [5.41, 5.74) is 4.60. The molecule has 4 rings (SSSR count). The van der Waals surface area contributed by atoms with Crippen LogP contribution in [0.2, 0.25) is 0 Å². The van der Waals surface area contributed by atoms with Crippen molar-refractivity contribution in [3.8, 4) is 5.75 Å². The molecule has 0 atom stereocenters. The number of methoxy groups -OCH3 is 2. The second kappa shape index (κ2) is 8.71. The molecule has 0 saturated heterocycles. The number of nitrogens with one attached hydrogen (secondary N) is 1. The number of nitrogens with zero attached hydrogens (tertiary/aromatic N) is 2. The van der Waals surface area contributed by atoms with Gasteiger partial charge in [0.15, 0.2) is 0 Å². The average molecular weight is 415 g/mol. The number of hydrazone groups is 1. The van der Waals surface area contributed by atoms with E-state index in [1.165, 1.54) is 14.2 Å². The van der Waals surface area contributed by atoms with Gasteiger partial charge in [-0.1, -0.05) is 42.5 Å². The van der Waals surface area contributed by atoms with Crippen LogP contribution in [0.1, 0.15) is 15.9 Å². The van der Waals surface area contributed by atoms with Gasteiger partial charge in [-0.25, -0.2) is 5.43 Å². The molecule has 1 aromatic heterocycles. The SMILES string of the molecule is COC(=O)Cn1cc(C=NNC(=O)c2cc3ccccc3cc2OC)c2ccccc21. The van der Waals surface area contributed by atoms with Crippen LogP contribution >= 0.6 is 0 Å². The van der Waals surface area contributed by atoms with Crippen LogP contribution in [-0.2, 0) is 16.1 Å². The molecule has 156 valence electrons. The predicted molar refractivity (Wildman–Crippen MR) is 120 cm³/mol. The first-order chi connectivity index (χ1) is 15.1. The monoisotopic (exact) mass is 415 g/mol. The van der Waals surface area contributed by atoms with Crippen LogP contribution in [0.15, 0.2) is 72.0 Å². The first-order valence-corrected chi connectivity index (χ1v) is 9.65. The van der Waals surface area contributed by atoms with Crippen LogP contribution in [0, 0.1) is 0 Å². The number of fused-ring (bicyclic) bond motifs is 2. The minimum absolute atomic E-state index is 0.0888. The highest BCUT2D eigenvalue weighted by atomic mass is 16.5. The summed E-state index contributed by atoms with van der Waals surface area (Å²) < 4.78 is 11.9. The van der Waals surface area contributed by atoms with Gasteiger partial charge in [-0.15, -0.1) is 0 Å². The molecule has 1 amide bonds. The summed E-state index contributed by atoms with van der Waals surface area (Å²) >= 11 is 0. The number of ether oxygens (including phenoxy) is 2. The molecule has 0 bridgehead atoms. The van der Waals surface area contributed by atoms with E-state index in [0.29, 0.717) is 11.3 Å². The quantitative estimate of drug-likeness (QED) is 0.295. The van der Waals surface area contributed by atoms with Gasteiger partial charge in [0.05, 0.1) is 26.0 Å². The zero-order valence-electron chi connectivity index (χ0n) is 17.2. The van der Waals surface area contributed by atoms with Crippen molar-refractivity contribution in [2.75, 3.05) is 14.2 Å². The standard InChI is InChI=1S/C24H21N3O4/c1-30-22-12-17-8-4-3-7-16(17)11-20(22)24(29)26-25-13-18-14-27(15-23(28)31-2)21-10-6-5-9-19(18)21/h3-14H,15H2,1-2H3,(H,26,29). The molecule has 0 fully saturated rings. The Hall–Kier alpha value is -4.13. The third kappa shape index (κ3) is 4.11. The summed E-state index contributed by atoms with van der Waals surface area (Å²) in [7, 11) is 2.88. The molecular formula is C24H21N3O4. The molecule has 1 N–H and O–H groups in total. The lowest BCUT2D eigenvalue weighted by Crippen LogP contribution is -2.18. The smallest absolute Gasteiger partial charge is 0.325 e. The second-order valence-corrected chi connectivity index (χ2v) is 6.90. The zero-order chi connectivity index (χ0) is 21.8. The number of rotatable bonds is 6. The minimum Gasteiger partial charge on any atom is -0.496 e. The fourth-order valence-corrected chi connectivity index (χ4v) is 3.50. The number of carbonyl (C=O) groups is 2. The van der Waals surface area contributed by atoms with E-state index in [1.807, 2.05) is 54.6 Å². The number of para-hydroxylation sites is 1. The summed E-state index contributed by atoms with van der Waals surface area (Å²) in [6.07, 6.45) is 3.36. The molecule has 0 aliphatic heterocycles. The lowest BCUT2D eigenvalue weighted by Gasteiger charge is -2.09. The van der Waals surface area contributed by atoms with Crippen molar-refractivity contribution in [3.63, 3.8) is 0 Å². The van der Waals surface area contributed by atoms with Gasteiger partial charge < -0.3 is 14.0 Å². The van der Waals surface area contributed by atoms with Crippen LogP contribution in [0.5, 0.6) is 5.75 Å². The normalized spacial score (nSPS) is 11.2. The van der Waals surface area contributed by atoms with E-state index in [9.17, 15) is 9.59 Å². The van der Waals surface area contributed by atoms with E-state index >= 15 is 0 Å². The van der Waals surface area contributed by atoms with E-state index < -0.39 is 0 Å². The Bertz CT molecular complexity index is 1310. The Labute approximate surface area is 178 Å². The van der Waals surface area contributed by atoms with Gasteiger partial charge in [0.2, 0.25) is 0 Å². The lowest BCUT2D eigenvalue weighted by molar-refractivity contribution is -0.141. The van der Waals surface area contributed by atoms with Gasteiger partial charge >= 0.3 is 5.97 Å². The molecule has 4 aromatic rings. The second-order valence-electron chi connectivity index (χ2n) is 6.90. The van der Waals surface area contributed by atoms with Gasteiger partial charge in [-0.2, -0.15) is 5.10 Å². The molecule has 31 heavy (non-hydrogen) atoms. The number of amides is 1. The summed E-state index contributed by atoms with van der Waals surface area (Å²) in [4.78, 5) is 24.4. The van der Waals surface area contributed by atoms with Crippen molar-refractivity contribution in [2.45, 2.75) is 6.54 Å². The maximum atomic E-state index is 12.7. The van der Waals surface area contributed by atoms with Crippen LogP contribution in [-0.4, -0.2) is 36.9 Å². The van der Waals surface area contributed by atoms with Crippen LogP contribution in [0.4, 0.5) is 0 Å². The number of carbonyl (C=O) groups excluding carboxylic acids is 2. The number of esters is 1. The number of hydrogen-bond donors (Lipinski definition) is 1. The van der Waals surface area contributed by atoms with E-state index in [4.69, 9.17) is 9.47 Å². The van der Waals surface area contributed by atoms with Crippen LogP contribution in [0.3, 0.4) is 0 Å². The summed E-state index contributed by atoms with van der Waals surface area (Å²) in [5.74, 6) is -0.251. The Morgan fingerprint density at radius 2 is 1.74 bits per heavy atom. The van der Waals surface area contributed by atoms with E-state index in [2.05, 4.69) is 10.5 Å². The Morgan fingerprint density at radius 3 is 2.48 bits per heavy atom. The molecule has 0 spiro atoms. The number of aromatic nitrogens is 1. The van der Waals surface area contributed by atoms with E-state index in [-0.39, 0.29) is 18.4 Å². The molecule has 0 saturated carbocycles. The largest absolute Gasteiger partial charge is 0.496 e. The Kier molecular flexibility index (Phi) is 5.66. The molecule has 1 heterocycles. The molecule has 0 aliphatic carbocycles. The first kappa shape index (κ1) is 20.2. The van der Waals surface area contributed by atoms with Crippen LogP contribution < -0.4 is 10.2 Å². The van der Waals surface area contributed by atoms with Gasteiger partial charge in [0.1, 0.15) is 12.3 Å². The molecule has 0 radical (unpaired) electrons. The molecule has 7 heteroatoms. The molecule has 0 unspecified atom stereocenters.